The molecule has 2 amide bonds. The Balaban J connectivity index is 1.60. The Morgan fingerprint density at radius 3 is 2.55 bits per heavy atom. The third-order valence-corrected chi connectivity index (χ3v) is 4.93. The van der Waals surface area contributed by atoms with Crippen molar-refractivity contribution in [1.29, 1.82) is 0 Å². The standard InChI is InChI=1S/C22H24N2O5/c1-13-5-3-8-18(14(13)2)20(22(27)28)24-19(25)12-29-17-7-4-6-16(11-17)23-21(26)15-9-10-15/h3-8,11,15,20H,9-10,12H2,1-2H3,(H,23,26)(H,24,25)(H,27,28). The fraction of sp³-hybridized carbons (Fsp3) is 0.318. The van der Waals surface area contributed by atoms with E-state index in [9.17, 15) is 19.5 Å². The summed E-state index contributed by atoms with van der Waals surface area (Å²) >= 11 is 0. The third-order valence-electron chi connectivity index (χ3n) is 4.93. The summed E-state index contributed by atoms with van der Waals surface area (Å²) in [7, 11) is 0. The van der Waals surface area contributed by atoms with Crippen molar-refractivity contribution >= 4 is 23.5 Å². The lowest BCUT2D eigenvalue weighted by atomic mass is 9.97. The van der Waals surface area contributed by atoms with E-state index >= 15 is 0 Å². The molecule has 2 aromatic carbocycles. The number of amides is 2. The molecule has 1 saturated carbocycles. The average molecular weight is 396 g/mol. The van der Waals surface area contributed by atoms with Gasteiger partial charge in [-0.2, -0.15) is 0 Å². The molecule has 0 radical (unpaired) electrons. The van der Waals surface area contributed by atoms with Crippen molar-refractivity contribution in [3.63, 3.8) is 0 Å². The number of hydrogen-bond donors (Lipinski definition) is 3. The molecule has 7 nitrogen and oxygen atoms in total. The first-order valence-electron chi connectivity index (χ1n) is 9.47. The summed E-state index contributed by atoms with van der Waals surface area (Å²) in [5.41, 5.74) is 2.90. The molecule has 1 unspecified atom stereocenters. The van der Waals surface area contributed by atoms with E-state index in [1.165, 1.54) is 0 Å². The fourth-order valence-corrected chi connectivity index (χ4v) is 2.96. The second-order valence-electron chi connectivity index (χ2n) is 7.21. The van der Waals surface area contributed by atoms with Gasteiger partial charge in [-0.15, -0.1) is 0 Å². The van der Waals surface area contributed by atoms with Crippen molar-refractivity contribution in [3.8, 4) is 5.75 Å². The van der Waals surface area contributed by atoms with Gasteiger partial charge in [0.1, 0.15) is 5.75 Å². The molecule has 0 heterocycles. The zero-order valence-corrected chi connectivity index (χ0v) is 16.4. The second kappa shape index (κ2) is 8.77. The van der Waals surface area contributed by atoms with Gasteiger partial charge < -0.3 is 20.5 Å². The highest BCUT2D eigenvalue weighted by Gasteiger charge is 2.29. The van der Waals surface area contributed by atoms with E-state index in [1.807, 2.05) is 19.9 Å². The van der Waals surface area contributed by atoms with Gasteiger partial charge in [-0.05, 0) is 55.5 Å². The van der Waals surface area contributed by atoms with Crippen LogP contribution >= 0.6 is 0 Å². The number of carboxylic acid groups (broad SMARTS) is 1. The number of benzene rings is 2. The molecule has 0 bridgehead atoms. The Morgan fingerprint density at radius 2 is 1.86 bits per heavy atom. The molecule has 1 atom stereocenters. The quantitative estimate of drug-likeness (QED) is 0.636. The van der Waals surface area contributed by atoms with Crippen LogP contribution in [0.5, 0.6) is 5.75 Å². The van der Waals surface area contributed by atoms with E-state index in [0.29, 0.717) is 17.0 Å². The van der Waals surface area contributed by atoms with E-state index in [2.05, 4.69) is 10.6 Å². The van der Waals surface area contributed by atoms with Crippen LogP contribution in [0.3, 0.4) is 0 Å². The minimum atomic E-state index is -1.16. The fourth-order valence-electron chi connectivity index (χ4n) is 2.96. The summed E-state index contributed by atoms with van der Waals surface area (Å²) in [6.45, 7) is 3.37. The minimum Gasteiger partial charge on any atom is -0.484 e. The molecule has 0 aliphatic heterocycles. The lowest BCUT2D eigenvalue weighted by Gasteiger charge is -2.18. The van der Waals surface area contributed by atoms with E-state index in [0.717, 1.165) is 24.0 Å². The van der Waals surface area contributed by atoms with Gasteiger partial charge >= 0.3 is 5.97 Å². The van der Waals surface area contributed by atoms with Gasteiger partial charge in [0.05, 0.1) is 0 Å². The van der Waals surface area contributed by atoms with Crippen LogP contribution in [0.25, 0.3) is 0 Å². The number of anilines is 1. The first kappa shape index (κ1) is 20.4. The Labute approximate surface area is 169 Å². The highest BCUT2D eigenvalue weighted by Crippen LogP contribution is 2.30. The van der Waals surface area contributed by atoms with Gasteiger partial charge in [0, 0.05) is 17.7 Å². The Kier molecular flexibility index (Phi) is 6.16. The number of carbonyl (C=O) groups excluding carboxylic acids is 2. The van der Waals surface area contributed by atoms with Crippen molar-refractivity contribution in [2.75, 3.05) is 11.9 Å². The maximum Gasteiger partial charge on any atom is 0.330 e. The van der Waals surface area contributed by atoms with E-state index in [4.69, 9.17) is 4.74 Å². The average Bonchev–Trinajstić information content (AvgIpc) is 3.52. The largest absolute Gasteiger partial charge is 0.484 e. The van der Waals surface area contributed by atoms with E-state index in [1.54, 1.807) is 36.4 Å². The SMILES string of the molecule is Cc1cccc(C(NC(=O)COc2cccc(NC(=O)C3CC3)c2)C(=O)O)c1C. The van der Waals surface area contributed by atoms with Gasteiger partial charge in [0.2, 0.25) is 5.91 Å². The smallest absolute Gasteiger partial charge is 0.330 e. The van der Waals surface area contributed by atoms with Crippen LogP contribution in [-0.2, 0) is 14.4 Å². The third kappa shape index (κ3) is 5.34. The lowest BCUT2D eigenvalue weighted by Crippen LogP contribution is -2.37. The lowest BCUT2D eigenvalue weighted by molar-refractivity contribution is -0.142. The molecule has 0 saturated heterocycles. The molecule has 3 N–H and O–H groups in total. The number of ether oxygens (including phenoxy) is 1. The van der Waals surface area contributed by atoms with Crippen LogP contribution in [-0.4, -0.2) is 29.5 Å². The van der Waals surface area contributed by atoms with E-state index in [-0.39, 0.29) is 18.4 Å². The number of nitrogens with one attached hydrogen (secondary N) is 2. The molecular formula is C22H24N2O5. The van der Waals surface area contributed by atoms with Crippen molar-refractivity contribution in [2.24, 2.45) is 5.92 Å². The number of aryl methyl sites for hydroxylation is 1. The molecule has 1 fully saturated rings. The van der Waals surface area contributed by atoms with Crippen LogP contribution in [0, 0.1) is 19.8 Å². The molecule has 29 heavy (non-hydrogen) atoms. The van der Waals surface area contributed by atoms with Crippen LogP contribution in [0.2, 0.25) is 0 Å². The Hall–Kier alpha value is -3.35. The van der Waals surface area contributed by atoms with Crippen LogP contribution < -0.4 is 15.4 Å². The summed E-state index contributed by atoms with van der Waals surface area (Å²) in [5, 5.41) is 14.9. The maximum absolute atomic E-state index is 12.3. The molecule has 0 aromatic heterocycles. The predicted octanol–water partition coefficient (Wildman–Crippen LogP) is 2.97. The van der Waals surface area contributed by atoms with Crippen LogP contribution in [0.15, 0.2) is 42.5 Å². The van der Waals surface area contributed by atoms with Crippen molar-refractivity contribution < 1.29 is 24.2 Å². The summed E-state index contributed by atoms with van der Waals surface area (Å²) in [6, 6.07) is 10.9. The molecule has 1 aliphatic carbocycles. The van der Waals surface area contributed by atoms with Gasteiger partial charge in [-0.25, -0.2) is 4.79 Å². The number of aliphatic carboxylic acids is 1. The summed E-state index contributed by atoms with van der Waals surface area (Å²) in [6.07, 6.45) is 1.82. The predicted molar refractivity (Wildman–Crippen MR) is 108 cm³/mol. The highest BCUT2D eigenvalue weighted by atomic mass is 16.5. The Morgan fingerprint density at radius 1 is 1.14 bits per heavy atom. The minimum absolute atomic E-state index is 0.0160. The zero-order chi connectivity index (χ0) is 21.0. The van der Waals surface area contributed by atoms with Gasteiger partial charge in [0.15, 0.2) is 12.6 Å². The van der Waals surface area contributed by atoms with Crippen molar-refractivity contribution in [2.45, 2.75) is 32.7 Å². The molecule has 2 aromatic rings. The summed E-state index contributed by atoms with van der Waals surface area (Å²) in [5.74, 6) is -1.21. The zero-order valence-electron chi connectivity index (χ0n) is 16.4. The molecule has 3 rings (SSSR count). The molecule has 0 spiro atoms. The summed E-state index contributed by atoms with van der Waals surface area (Å²) < 4.78 is 5.48. The van der Waals surface area contributed by atoms with E-state index < -0.39 is 17.9 Å². The van der Waals surface area contributed by atoms with Crippen LogP contribution in [0.4, 0.5) is 5.69 Å². The molecule has 152 valence electrons. The topological polar surface area (TPSA) is 105 Å². The highest BCUT2D eigenvalue weighted by molar-refractivity contribution is 5.94. The monoisotopic (exact) mass is 396 g/mol. The number of hydrogen-bond acceptors (Lipinski definition) is 4. The van der Waals surface area contributed by atoms with Gasteiger partial charge in [0.25, 0.3) is 5.91 Å². The Bertz CT molecular complexity index is 937. The molecule has 7 heteroatoms. The van der Waals surface area contributed by atoms with Crippen molar-refractivity contribution in [3.05, 3.63) is 59.2 Å². The van der Waals surface area contributed by atoms with Crippen molar-refractivity contribution in [1.82, 2.24) is 5.32 Å². The first-order chi connectivity index (χ1) is 13.8. The summed E-state index contributed by atoms with van der Waals surface area (Å²) in [4.78, 5) is 35.8. The molecule has 1 aliphatic rings. The molecular weight excluding hydrogens is 372 g/mol. The maximum atomic E-state index is 12.3. The second-order valence-corrected chi connectivity index (χ2v) is 7.21. The number of carbonyl (C=O) groups is 3. The van der Waals surface area contributed by atoms with Crippen LogP contribution in [0.1, 0.15) is 35.6 Å². The van der Waals surface area contributed by atoms with Gasteiger partial charge in [-0.3, -0.25) is 9.59 Å². The first-order valence-corrected chi connectivity index (χ1v) is 9.47. The van der Waals surface area contributed by atoms with Gasteiger partial charge in [-0.1, -0.05) is 24.3 Å². The number of carboxylic acids is 1. The normalized spacial score (nSPS) is 14.0. The number of rotatable bonds is 8.